The van der Waals surface area contributed by atoms with Gasteiger partial charge in [-0.2, -0.15) is 0 Å². The van der Waals surface area contributed by atoms with E-state index in [4.69, 9.17) is 10.2 Å². The van der Waals surface area contributed by atoms with Crippen molar-refractivity contribution in [1.29, 1.82) is 0 Å². The van der Waals surface area contributed by atoms with Crippen LogP contribution in [0.3, 0.4) is 0 Å². The van der Waals surface area contributed by atoms with Crippen molar-refractivity contribution in [2.75, 3.05) is 0 Å². The first-order chi connectivity index (χ1) is 7.39. The van der Waals surface area contributed by atoms with Crippen LogP contribution in [0.5, 0.6) is 0 Å². The molecule has 3 atom stereocenters. The summed E-state index contributed by atoms with van der Waals surface area (Å²) in [5, 5.41) is 17.9. The lowest BCUT2D eigenvalue weighted by Crippen LogP contribution is -2.49. The summed E-state index contributed by atoms with van der Waals surface area (Å²) in [5.41, 5.74) is -2.09. The highest BCUT2D eigenvalue weighted by atomic mass is 16.6. The maximum Gasteiger partial charge on any atom is 0.332 e. The van der Waals surface area contributed by atoms with Gasteiger partial charge in [0.2, 0.25) is 0 Å². The van der Waals surface area contributed by atoms with Gasteiger partial charge >= 0.3 is 23.9 Å². The molecule has 1 aliphatic carbocycles. The van der Waals surface area contributed by atoms with Gasteiger partial charge in [0, 0.05) is 0 Å². The number of carboxylic acids is 2. The van der Waals surface area contributed by atoms with Gasteiger partial charge in [-0.1, -0.05) is 0 Å². The number of hydrogen-bond donors (Lipinski definition) is 2. The summed E-state index contributed by atoms with van der Waals surface area (Å²) in [6, 6.07) is 0. The van der Waals surface area contributed by atoms with Crippen molar-refractivity contribution in [2.24, 2.45) is 17.3 Å². The molecule has 0 aromatic rings. The molecule has 16 heavy (non-hydrogen) atoms. The van der Waals surface area contributed by atoms with Crippen molar-refractivity contribution >= 4 is 23.9 Å². The van der Waals surface area contributed by atoms with Gasteiger partial charge in [-0.15, -0.1) is 0 Å². The zero-order chi connectivity index (χ0) is 12.1. The number of rotatable bonds is 2. The Labute approximate surface area is 89.0 Å². The van der Waals surface area contributed by atoms with Gasteiger partial charge in [-0.05, 0) is 12.8 Å². The van der Waals surface area contributed by atoms with Gasteiger partial charge in [-0.3, -0.25) is 19.2 Å². The van der Waals surface area contributed by atoms with Crippen LogP contribution in [-0.2, 0) is 23.9 Å². The summed E-state index contributed by atoms with van der Waals surface area (Å²) in [5.74, 6) is -7.22. The smallest absolute Gasteiger partial charge is 0.332 e. The molecule has 2 bridgehead atoms. The summed E-state index contributed by atoms with van der Waals surface area (Å²) in [6.07, 6.45) is -0.441. The zero-order valence-electron chi connectivity index (χ0n) is 8.00. The van der Waals surface area contributed by atoms with Crippen molar-refractivity contribution < 1.29 is 34.1 Å². The monoisotopic (exact) mass is 228 g/mol. The molecule has 7 heteroatoms. The van der Waals surface area contributed by atoms with Gasteiger partial charge < -0.3 is 14.9 Å². The zero-order valence-corrected chi connectivity index (χ0v) is 8.00. The van der Waals surface area contributed by atoms with Crippen molar-refractivity contribution in [1.82, 2.24) is 0 Å². The Kier molecular flexibility index (Phi) is 2.01. The van der Waals surface area contributed by atoms with Crippen molar-refractivity contribution in [3.63, 3.8) is 0 Å². The number of fused-ring (bicyclic) bond motifs is 2. The van der Waals surface area contributed by atoms with Crippen LogP contribution >= 0.6 is 0 Å². The number of carboxylic acid groups (broad SMARTS) is 2. The fourth-order valence-electron chi connectivity index (χ4n) is 2.41. The Hall–Kier alpha value is -1.92. The van der Waals surface area contributed by atoms with Crippen molar-refractivity contribution in [3.8, 4) is 0 Å². The number of carbonyl (C=O) groups excluding carboxylic acids is 2. The van der Waals surface area contributed by atoms with Gasteiger partial charge in [0.05, 0.1) is 11.8 Å². The molecule has 2 rings (SSSR count). The van der Waals surface area contributed by atoms with Crippen LogP contribution < -0.4 is 0 Å². The Balaban J connectivity index is 2.51. The summed E-state index contributed by atoms with van der Waals surface area (Å²) in [4.78, 5) is 44.6. The van der Waals surface area contributed by atoms with Crippen LogP contribution in [-0.4, -0.2) is 34.1 Å². The molecule has 1 saturated heterocycles. The second-order valence-corrected chi connectivity index (χ2v) is 4.01. The highest BCUT2D eigenvalue weighted by molar-refractivity contribution is 6.09. The van der Waals surface area contributed by atoms with E-state index in [1.54, 1.807) is 0 Å². The number of hydrogen-bond acceptors (Lipinski definition) is 5. The van der Waals surface area contributed by atoms with E-state index in [0.717, 1.165) is 0 Å². The van der Waals surface area contributed by atoms with Crippen LogP contribution in [0.1, 0.15) is 12.8 Å². The molecule has 1 heterocycles. The number of cyclic esters (lactones) is 2. The molecule has 3 unspecified atom stereocenters. The van der Waals surface area contributed by atoms with E-state index in [-0.39, 0.29) is 12.8 Å². The Morgan fingerprint density at radius 1 is 1.31 bits per heavy atom. The van der Waals surface area contributed by atoms with E-state index in [9.17, 15) is 19.2 Å². The average Bonchev–Trinajstić information content (AvgIpc) is 2.53. The third-order valence-electron chi connectivity index (χ3n) is 3.25. The predicted octanol–water partition coefficient (Wildman–Crippen LogP) is -0.748. The van der Waals surface area contributed by atoms with Gasteiger partial charge in [-0.25, -0.2) is 0 Å². The second-order valence-electron chi connectivity index (χ2n) is 4.01. The van der Waals surface area contributed by atoms with Crippen LogP contribution in [0.2, 0.25) is 0 Å². The van der Waals surface area contributed by atoms with Gasteiger partial charge in [0.1, 0.15) is 0 Å². The summed E-state index contributed by atoms with van der Waals surface area (Å²) in [6.45, 7) is 0. The Morgan fingerprint density at radius 3 is 2.44 bits per heavy atom. The van der Waals surface area contributed by atoms with Crippen molar-refractivity contribution in [2.45, 2.75) is 12.8 Å². The molecule has 0 aromatic carbocycles. The number of carbonyl (C=O) groups is 4. The van der Waals surface area contributed by atoms with E-state index in [0.29, 0.717) is 0 Å². The highest BCUT2D eigenvalue weighted by Crippen LogP contribution is 2.51. The maximum atomic E-state index is 11.5. The van der Waals surface area contributed by atoms with E-state index < -0.39 is 41.1 Å². The first kappa shape index (κ1) is 10.6. The van der Waals surface area contributed by atoms with Crippen LogP contribution in [0.15, 0.2) is 0 Å². The standard InChI is InChI=1S/C9H8O7/c10-5(11)4-1-3-2-9(4,7(13)14)8(15)16-6(3)12/h3-4H,1-2H2,(H,10,11)(H,13,14). The molecule has 86 valence electrons. The Morgan fingerprint density at radius 2 is 1.94 bits per heavy atom. The minimum Gasteiger partial charge on any atom is -0.481 e. The molecule has 1 aliphatic heterocycles. The molecule has 0 radical (unpaired) electrons. The second kappa shape index (κ2) is 3.03. The third-order valence-corrected chi connectivity index (χ3v) is 3.25. The number of esters is 2. The van der Waals surface area contributed by atoms with E-state index in [1.165, 1.54) is 0 Å². The predicted molar refractivity (Wildman–Crippen MR) is 45.0 cm³/mol. The molecule has 1 saturated carbocycles. The maximum absolute atomic E-state index is 11.5. The lowest BCUT2D eigenvalue weighted by Gasteiger charge is -2.27. The molecule has 2 aliphatic rings. The van der Waals surface area contributed by atoms with E-state index >= 15 is 0 Å². The fraction of sp³-hybridized carbons (Fsp3) is 0.556. The largest absolute Gasteiger partial charge is 0.481 e. The minimum absolute atomic E-state index is 0.161. The Bertz CT molecular complexity index is 412. The SMILES string of the molecule is O=C1OC(=O)C2(C(=O)O)CC1CC2C(=O)O. The summed E-state index contributed by atoms with van der Waals surface area (Å²) < 4.78 is 4.30. The normalized spacial score (nSPS) is 37.0. The molecule has 0 amide bonds. The van der Waals surface area contributed by atoms with E-state index in [1.807, 2.05) is 0 Å². The van der Waals surface area contributed by atoms with Gasteiger partial charge in [0.15, 0.2) is 5.41 Å². The molecule has 0 aromatic heterocycles. The quantitative estimate of drug-likeness (QED) is 0.471. The van der Waals surface area contributed by atoms with E-state index in [2.05, 4.69) is 4.74 Å². The van der Waals surface area contributed by atoms with Crippen LogP contribution in [0.25, 0.3) is 0 Å². The highest BCUT2D eigenvalue weighted by Gasteiger charge is 2.67. The first-order valence-electron chi connectivity index (χ1n) is 4.62. The van der Waals surface area contributed by atoms with Crippen LogP contribution in [0, 0.1) is 17.3 Å². The molecule has 2 N–H and O–H groups in total. The molecular formula is C9H8O7. The van der Waals surface area contributed by atoms with Crippen LogP contribution in [0.4, 0.5) is 0 Å². The lowest BCUT2D eigenvalue weighted by molar-refractivity contribution is -0.184. The molecular weight excluding hydrogens is 220 g/mol. The average molecular weight is 228 g/mol. The molecule has 2 fully saturated rings. The number of ether oxygens (including phenoxy) is 1. The summed E-state index contributed by atoms with van der Waals surface area (Å²) in [7, 11) is 0. The third kappa shape index (κ3) is 1.08. The van der Waals surface area contributed by atoms with Crippen molar-refractivity contribution in [3.05, 3.63) is 0 Å². The first-order valence-corrected chi connectivity index (χ1v) is 4.62. The fourth-order valence-corrected chi connectivity index (χ4v) is 2.41. The number of aliphatic carboxylic acids is 2. The topological polar surface area (TPSA) is 118 Å². The minimum atomic E-state index is -2.09. The summed E-state index contributed by atoms with van der Waals surface area (Å²) >= 11 is 0. The molecule has 0 spiro atoms. The van der Waals surface area contributed by atoms with Gasteiger partial charge in [0.25, 0.3) is 0 Å². The molecule has 7 nitrogen and oxygen atoms in total. The lowest BCUT2D eigenvalue weighted by atomic mass is 9.77.